The normalized spacial score (nSPS) is 12.1. The molecule has 4 aromatic rings. The van der Waals surface area contributed by atoms with Crippen molar-refractivity contribution in [2.75, 3.05) is 0 Å². The summed E-state index contributed by atoms with van der Waals surface area (Å²) in [5.41, 5.74) is -7.59. The summed E-state index contributed by atoms with van der Waals surface area (Å²) in [4.78, 5) is 29.2. The van der Waals surface area contributed by atoms with Gasteiger partial charge in [-0.3, -0.25) is 9.78 Å². The molecule has 4 rings (SSSR count). The van der Waals surface area contributed by atoms with Gasteiger partial charge in [-0.25, -0.2) is 9.78 Å². The van der Waals surface area contributed by atoms with Gasteiger partial charge in [0.15, 0.2) is 5.75 Å². The Morgan fingerprint density at radius 2 is 1.66 bits per heavy atom. The number of H-pyrrole nitrogens is 1. The SMILES string of the molecule is Cn1cnc2ccc(Oc3c(C(F)(F)F)cc(-n4nc(C#N)c(=O)[nH]c4=O)cc3C(F)(F)F)cc21. The van der Waals surface area contributed by atoms with Crippen molar-refractivity contribution in [2.45, 2.75) is 12.4 Å². The first-order chi connectivity index (χ1) is 16.3. The fraction of sp³-hybridized carbons (Fsp3) is 0.150. The van der Waals surface area contributed by atoms with E-state index in [0.29, 0.717) is 11.0 Å². The van der Waals surface area contributed by atoms with Crippen molar-refractivity contribution in [2.24, 2.45) is 7.05 Å². The topological polar surface area (TPSA) is 119 Å². The van der Waals surface area contributed by atoms with Crippen LogP contribution >= 0.6 is 0 Å². The molecule has 0 aliphatic heterocycles. The van der Waals surface area contributed by atoms with E-state index in [-0.39, 0.29) is 22.6 Å². The number of aromatic nitrogens is 5. The van der Waals surface area contributed by atoms with Crippen LogP contribution in [0.2, 0.25) is 0 Å². The van der Waals surface area contributed by atoms with Crippen LogP contribution < -0.4 is 16.0 Å². The summed E-state index contributed by atoms with van der Waals surface area (Å²) in [6, 6.07) is 5.40. The van der Waals surface area contributed by atoms with E-state index < -0.39 is 51.9 Å². The lowest BCUT2D eigenvalue weighted by Crippen LogP contribution is -2.33. The molecule has 9 nitrogen and oxygen atoms in total. The van der Waals surface area contributed by atoms with Crippen LogP contribution in [0.25, 0.3) is 16.7 Å². The molecule has 2 aromatic heterocycles. The fourth-order valence-electron chi connectivity index (χ4n) is 3.20. The van der Waals surface area contributed by atoms with Crippen molar-refractivity contribution in [3.05, 3.63) is 74.3 Å². The van der Waals surface area contributed by atoms with Crippen molar-refractivity contribution >= 4 is 11.0 Å². The number of fused-ring (bicyclic) bond motifs is 1. The van der Waals surface area contributed by atoms with Crippen LogP contribution in [0, 0.1) is 11.3 Å². The molecule has 0 saturated carbocycles. The van der Waals surface area contributed by atoms with Gasteiger partial charge in [-0.05, 0) is 24.3 Å². The largest absolute Gasteiger partial charge is 0.456 e. The summed E-state index contributed by atoms with van der Waals surface area (Å²) in [6.45, 7) is 0. The maximum absolute atomic E-state index is 13.9. The van der Waals surface area contributed by atoms with Crippen LogP contribution in [0.5, 0.6) is 11.5 Å². The van der Waals surface area contributed by atoms with Gasteiger partial charge >= 0.3 is 18.0 Å². The summed E-state index contributed by atoms with van der Waals surface area (Å²) >= 11 is 0. The maximum atomic E-state index is 13.9. The number of nitrogens with zero attached hydrogens (tertiary/aromatic N) is 5. The Balaban J connectivity index is 1.99. The van der Waals surface area contributed by atoms with Crippen LogP contribution in [0.1, 0.15) is 16.8 Å². The van der Waals surface area contributed by atoms with Crippen LogP contribution in [-0.4, -0.2) is 24.3 Å². The second-order valence-electron chi connectivity index (χ2n) is 7.11. The molecule has 0 fully saturated rings. The van der Waals surface area contributed by atoms with Gasteiger partial charge < -0.3 is 9.30 Å². The summed E-state index contributed by atoms with van der Waals surface area (Å²) in [7, 11) is 1.57. The Morgan fingerprint density at radius 3 is 2.23 bits per heavy atom. The van der Waals surface area contributed by atoms with Gasteiger partial charge in [0.1, 0.15) is 22.9 Å². The molecular weight excluding hydrogens is 486 g/mol. The smallest absolute Gasteiger partial charge is 0.420 e. The first kappa shape index (κ1) is 23.5. The van der Waals surface area contributed by atoms with Gasteiger partial charge in [-0.2, -0.15) is 36.3 Å². The Labute approximate surface area is 189 Å². The van der Waals surface area contributed by atoms with Gasteiger partial charge in [0.25, 0.3) is 5.56 Å². The van der Waals surface area contributed by atoms with Crippen LogP contribution in [0.15, 0.2) is 46.2 Å². The van der Waals surface area contributed by atoms with E-state index in [2.05, 4.69) is 10.1 Å². The molecule has 2 aromatic carbocycles. The molecule has 180 valence electrons. The van der Waals surface area contributed by atoms with E-state index in [9.17, 15) is 35.9 Å². The number of ether oxygens (including phenoxy) is 1. The number of hydrogen-bond donors (Lipinski definition) is 1. The Bertz CT molecular complexity index is 1590. The minimum absolute atomic E-state index is 0.0515. The molecule has 35 heavy (non-hydrogen) atoms. The molecule has 15 heteroatoms. The minimum atomic E-state index is -5.37. The third kappa shape index (κ3) is 4.33. The summed E-state index contributed by atoms with van der Waals surface area (Å²) in [5, 5.41) is 12.2. The third-order valence-electron chi connectivity index (χ3n) is 4.78. The Kier molecular flexibility index (Phi) is 5.39. The number of nitriles is 1. The minimum Gasteiger partial charge on any atom is -0.456 e. The highest BCUT2D eigenvalue weighted by Gasteiger charge is 2.43. The molecule has 0 aliphatic rings. The lowest BCUT2D eigenvalue weighted by atomic mass is 10.1. The van der Waals surface area contributed by atoms with Gasteiger partial charge in [-0.15, -0.1) is 5.10 Å². The van der Waals surface area contributed by atoms with E-state index in [1.54, 1.807) is 12.0 Å². The highest BCUT2D eigenvalue weighted by Crippen LogP contribution is 2.47. The lowest BCUT2D eigenvalue weighted by molar-refractivity contribution is -0.144. The molecule has 0 bridgehead atoms. The third-order valence-corrected chi connectivity index (χ3v) is 4.78. The maximum Gasteiger partial charge on any atom is 0.420 e. The highest BCUT2D eigenvalue weighted by molar-refractivity contribution is 5.77. The molecule has 0 aliphatic carbocycles. The average molecular weight is 496 g/mol. The lowest BCUT2D eigenvalue weighted by Gasteiger charge is -2.20. The molecule has 0 amide bonds. The number of benzene rings is 2. The number of aryl methyl sites for hydroxylation is 1. The van der Waals surface area contributed by atoms with Crippen molar-refractivity contribution in [3.8, 4) is 23.3 Å². The number of halogens is 6. The molecule has 0 unspecified atom stereocenters. The number of rotatable bonds is 3. The zero-order chi connectivity index (χ0) is 25.7. The number of alkyl halides is 6. The van der Waals surface area contributed by atoms with Crippen molar-refractivity contribution in [3.63, 3.8) is 0 Å². The van der Waals surface area contributed by atoms with E-state index in [4.69, 9.17) is 10.00 Å². The van der Waals surface area contributed by atoms with E-state index in [1.165, 1.54) is 29.1 Å². The molecular formula is C20H10F6N6O3. The predicted octanol–water partition coefficient (Wildman–Crippen LogP) is 3.51. The number of imidazole rings is 1. The van der Waals surface area contributed by atoms with Crippen molar-refractivity contribution < 1.29 is 31.1 Å². The average Bonchev–Trinajstić information content (AvgIpc) is 3.13. The Morgan fingerprint density at radius 1 is 1.03 bits per heavy atom. The second kappa shape index (κ2) is 8.01. The Hall–Kier alpha value is -4.61. The summed E-state index contributed by atoms with van der Waals surface area (Å²) < 4.78 is 90.1. The van der Waals surface area contributed by atoms with Gasteiger partial charge in [0.2, 0.25) is 5.69 Å². The van der Waals surface area contributed by atoms with Crippen LogP contribution in [0.3, 0.4) is 0 Å². The molecule has 0 atom stereocenters. The second-order valence-corrected chi connectivity index (χ2v) is 7.11. The molecule has 1 N–H and O–H groups in total. The van der Waals surface area contributed by atoms with Crippen molar-refractivity contribution in [1.29, 1.82) is 5.26 Å². The monoisotopic (exact) mass is 496 g/mol. The van der Waals surface area contributed by atoms with Gasteiger partial charge in [-0.1, -0.05) is 0 Å². The first-order valence-electron chi connectivity index (χ1n) is 9.35. The van der Waals surface area contributed by atoms with Crippen LogP contribution in [-0.2, 0) is 19.4 Å². The van der Waals surface area contributed by atoms with Gasteiger partial charge in [0, 0.05) is 13.1 Å². The predicted molar refractivity (Wildman–Crippen MR) is 106 cm³/mol. The molecule has 2 heterocycles. The fourth-order valence-corrected chi connectivity index (χ4v) is 3.20. The zero-order valence-electron chi connectivity index (χ0n) is 17.2. The number of nitrogens with one attached hydrogen (secondary N) is 1. The quantitative estimate of drug-likeness (QED) is 0.434. The van der Waals surface area contributed by atoms with E-state index >= 15 is 0 Å². The molecule has 0 saturated heterocycles. The zero-order valence-corrected chi connectivity index (χ0v) is 17.2. The van der Waals surface area contributed by atoms with E-state index in [1.807, 2.05) is 0 Å². The van der Waals surface area contributed by atoms with Crippen LogP contribution in [0.4, 0.5) is 26.3 Å². The summed E-state index contributed by atoms with van der Waals surface area (Å²) in [5.74, 6) is -1.90. The number of aromatic amines is 1. The standard InChI is InChI=1S/C20H10F6N6O3/c1-31-8-28-13-3-2-10(6-15(13)31)35-16-11(19(21,22)23)4-9(5-12(16)20(24,25)26)32-18(34)29-17(33)14(7-27)30-32/h2-6,8H,1H3,(H,29,33,34). The summed E-state index contributed by atoms with van der Waals surface area (Å²) in [6.07, 6.45) is -9.34. The molecule has 0 radical (unpaired) electrons. The molecule has 0 spiro atoms. The first-order valence-corrected chi connectivity index (χ1v) is 9.35. The van der Waals surface area contributed by atoms with Gasteiger partial charge in [0.05, 0.1) is 23.0 Å². The number of hydrogen-bond acceptors (Lipinski definition) is 6. The van der Waals surface area contributed by atoms with E-state index in [0.717, 1.165) is 6.07 Å². The highest BCUT2D eigenvalue weighted by atomic mass is 19.4. The van der Waals surface area contributed by atoms with Crippen molar-refractivity contribution in [1.82, 2.24) is 24.3 Å².